The molecule has 0 unspecified atom stereocenters. The molecule has 3 rings (SSSR count). The largest absolute Gasteiger partial charge is 0.350 e. The second-order valence-electron chi connectivity index (χ2n) is 6.89. The van der Waals surface area contributed by atoms with Gasteiger partial charge >= 0.3 is 0 Å². The number of rotatable bonds is 7. The van der Waals surface area contributed by atoms with Crippen LogP contribution >= 0.6 is 0 Å². The van der Waals surface area contributed by atoms with Gasteiger partial charge in [0.05, 0.1) is 12.6 Å². The smallest absolute Gasteiger partial charge is 0.251 e. The number of benzene rings is 2. The van der Waals surface area contributed by atoms with Crippen LogP contribution in [0.15, 0.2) is 61.2 Å². The average Bonchev–Trinajstić information content (AvgIpc) is 3.16. The highest BCUT2D eigenvalue weighted by molar-refractivity contribution is 5.94. The lowest BCUT2D eigenvalue weighted by molar-refractivity contribution is 0.0942. The molecular formula is C21H25N5O. The summed E-state index contributed by atoms with van der Waals surface area (Å²) in [6.07, 6.45) is 3.18. The molecule has 0 aliphatic carbocycles. The van der Waals surface area contributed by atoms with Crippen molar-refractivity contribution in [3.05, 3.63) is 83.4 Å². The summed E-state index contributed by atoms with van der Waals surface area (Å²) < 4.78 is 1.75. The minimum Gasteiger partial charge on any atom is -0.350 e. The van der Waals surface area contributed by atoms with Gasteiger partial charge in [0, 0.05) is 12.1 Å². The zero-order chi connectivity index (χ0) is 19.2. The lowest BCUT2D eigenvalue weighted by Gasteiger charge is -2.25. The Morgan fingerprint density at radius 2 is 1.81 bits per heavy atom. The van der Waals surface area contributed by atoms with Gasteiger partial charge in [-0.25, -0.2) is 9.67 Å². The highest BCUT2D eigenvalue weighted by Gasteiger charge is 2.15. The molecule has 2 aromatic carbocycles. The maximum absolute atomic E-state index is 12.5. The van der Waals surface area contributed by atoms with Crippen molar-refractivity contribution < 1.29 is 4.79 Å². The molecule has 1 N–H and O–H groups in total. The first-order valence-corrected chi connectivity index (χ1v) is 8.95. The second kappa shape index (κ2) is 8.60. The molecule has 6 nitrogen and oxygen atoms in total. The summed E-state index contributed by atoms with van der Waals surface area (Å²) in [4.78, 5) is 18.6. The number of aryl methyl sites for hydroxylation is 1. The first kappa shape index (κ1) is 18.8. The van der Waals surface area contributed by atoms with Gasteiger partial charge in [-0.3, -0.25) is 4.79 Å². The molecule has 0 bridgehead atoms. The van der Waals surface area contributed by atoms with Crippen LogP contribution in [0.2, 0.25) is 0 Å². The summed E-state index contributed by atoms with van der Waals surface area (Å²) in [7, 11) is 4.05. The quantitative estimate of drug-likeness (QED) is 0.701. The highest BCUT2D eigenvalue weighted by atomic mass is 16.1. The van der Waals surface area contributed by atoms with Crippen LogP contribution in [-0.4, -0.2) is 46.2 Å². The standard InChI is InChI=1S/C21H25N5O/c1-16-4-8-18(9-5-16)20(25(2)3)12-23-21(27)19-10-6-17(7-11-19)13-26-15-22-14-24-26/h4-11,14-15,20H,12-13H2,1-3H3,(H,23,27)/t20-/m0/s1. The average molecular weight is 363 g/mol. The van der Waals surface area contributed by atoms with Crippen LogP contribution in [0.1, 0.15) is 33.1 Å². The fourth-order valence-corrected chi connectivity index (χ4v) is 2.94. The van der Waals surface area contributed by atoms with Crippen LogP contribution < -0.4 is 5.32 Å². The van der Waals surface area contributed by atoms with E-state index in [0.29, 0.717) is 18.7 Å². The molecule has 0 saturated heterocycles. The van der Waals surface area contributed by atoms with Gasteiger partial charge in [-0.1, -0.05) is 42.0 Å². The van der Waals surface area contributed by atoms with Crippen molar-refractivity contribution in [3.63, 3.8) is 0 Å². The maximum atomic E-state index is 12.5. The molecule has 140 valence electrons. The summed E-state index contributed by atoms with van der Waals surface area (Å²) in [5.74, 6) is -0.0683. The maximum Gasteiger partial charge on any atom is 0.251 e. The van der Waals surface area contributed by atoms with Crippen LogP contribution in [-0.2, 0) is 6.54 Å². The zero-order valence-corrected chi connectivity index (χ0v) is 16.0. The third kappa shape index (κ3) is 5.01. The number of carbonyl (C=O) groups excluding carboxylic acids is 1. The summed E-state index contributed by atoms with van der Waals surface area (Å²) in [5, 5.41) is 7.14. The number of aromatic nitrogens is 3. The monoisotopic (exact) mass is 363 g/mol. The molecule has 0 radical (unpaired) electrons. The van der Waals surface area contributed by atoms with Crippen molar-refractivity contribution >= 4 is 5.91 Å². The molecule has 27 heavy (non-hydrogen) atoms. The van der Waals surface area contributed by atoms with E-state index in [0.717, 1.165) is 5.56 Å². The molecule has 0 aliphatic rings. The minimum atomic E-state index is -0.0683. The Balaban J connectivity index is 1.61. The molecule has 0 aliphatic heterocycles. The van der Waals surface area contributed by atoms with Crippen molar-refractivity contribution in [2.24, 2.45) is 0 Å². The van der Waals surface area contributed by atoms with Gasteiger partial charge in [-0.05, 0) is 44.3 Å². The number of nitrogens with one attached hydrogen (secondary N) is 1. The van der Waals surface area contributed by atoms with E-state index in [1.165, 1.54) is 17.5 Å². The van der Waals surface area contributed by atoms with E-state index in [1.807, 2.05) is 38.4 Å². The summed E-state index contributed by atoms with van der Waals surface area (Å²) >= 11 is 0. The Hall–Kier alpha value is -2.99. The van der Waals surface area contributed by atoms with Gasteiger partial charge in [0.2, 0.25) is 0 Å². The van der Waals surface area contributed by atoms with Crippen LogP contribution in [0.3, 0.4) is 0 Å². The predicted molar refractivity (Wildman–Crippen MR) is 106 cm³/mol. The Kier molecular flexibility index (Phi) is 5.98. The molecule has 1 aromatic heterocycles. The molecule has 0 spiro atoms. The van der Waals surface area contributed by atoms with E-state index < -0.39 is 0 Å². The zero-order valence-electron chi connectivity index (χ0n) is 16.0. The Bertz CT molecular complexity index is 855. The number of hydrogen-bond acceptors (Lipinski definition) is 4. The number of carbonyl (C=O) groups is 1. The van der Waals surface area contributed by atoms with Gasteiger partial charge in [0.1, 0.15) is 12.7 Å². The molecular weight excluding hydrogens is 338 g/mol. The molecule has 6 heteroatoms. The fraction of sp³-hybridized carbons (Fsp3) is 0.286. The molecule has 0 fully saturated rings. The third-order valence-corrected chi connectivity index (χ3v) is 4.57. The Morgan fingerprint density at radius 1 is 1.11 bits per heavy atom. The molecule has 1 amide bonds. The number of nitrogens with zero attached hydrogens (tertiary/aromatic N) is 4. The highest BCUT2D eigenvalue weighted by Crippen LogP contribution is 2.18. The van der Waals surface area contributed by atoms with Gasteiger partial charge in [0.15, 0.2) is 0 Å². The van der Waals surface area contributed by atoms with Crippen LogP contribution in [0, 0.1) is 6.92 Å². The SMILES string of the molecule is Cc1ccc([C@H](CNC(=O)c2ccc(Cn3cncn3)cc2)N(C)C)cc1. The van der Waals surface area contributed by atoms with E-state index in [2.05, 4.69) is 51.5 Å². The van der Waals surface area contributed by atoms with Crippen molar-refractivity contribution in [3.8, 4) is 0 Å². The number of amides is 1. The van der Waals surface area contributed by atoms with Crippen LogP contribution in [0.4, 0.5) is 0 Å². The first-order valence-electron chi connectivity index (χ1n) is 8.95. The van der Waals surface area contributed by atoms with Crippen LogP contribution in [0.5, 0.6) is 0 Å². The van der Waals surface area contributed by atoms with Crippen molar-refractivity contribution in [2.75, 3.05) is 20.6 Å². The Morgan fingerprint density at radius 3 is 2.41 bits per heavy atom. The normalized spacial score (nSPS) is 12.1. The van der Waals surface area contributed by atoms with Crippen molar-refractivity contribution in [1.82, 2.24) is 25.0 Å². The van der Waals surface area contributed by atoms with Gasteiger partial charge < -0.3 is 10.2 Å². The molecule has 1 atom stereocenters. The van der Waals surface area contributed by atoms with Gasteiger partial charge in [0.25, 0.3) is 5.91 Å². The number of likely N-dealkylation sites (N-methyl/N-ethyl adjacent to an activating group) is 1. The molecule has 3 aromatic rings. The van der Waals surface area contributed by atoms with E-state index in [9.17, 15) is 4.79 Å². The van der Waals surface area contributed by atoms with Crippen molar-refractivity contribution in [1.29, 1.82) is 0 Å². The fourth-order valence-electron chi connectivity index (χ4n) is 2.94. The van der Waals surface area contributed by atoms with Crippen LogP contribution in [0.25, 0.3) is 0 Å². The van der Waals surface area contributed by atoms with Gasteiger partial charge in [-0.15, -0.1) is 0 Å². The second-order valence-corrected chi connectivity index (χ2v) is 6.89. The van der Waals surface area contributed by atoms with E-state index >= 15 is 0 Å². The summed E-state index contributed by atoms with van der Waals surface area (Å²) in [6, 6.07) is 16.1. The number of hydrogen-bond donors (Lipinski definition) is 1. The molecule has 1 heterocycles. The van der Waals surface area contributed by atoms with E-state index in [4.69, 9.17) is 0 Å². The topological polar surface area (TPSA) is 63.1 Å². The summed E-state index contributed by atoms with van der Waals surface area (Å²) in [6.45, 7) is 3.26. The third-order valence-electron chi connectivity index (χ3n) is 4.57. The molecule has 0 saturated carbocycles. The minimum absolute atomic E-state index is 0.0683. The summed E-state index contributed by atoms with van der Waals surface area (Å²) in [5.41, 5.74) is 4.14. The predicted octanol–water partition coefficient (Wildman–Crippen LogP) is 2.67. The van der Waals surface area contributed by atoms with E-state index in [-0.39, 0.29) is 11.9 Å². The Labute approximate surface area is 159 Å². The van der Waals surface area contributed by atoms with Gasteiger partial charge in [-0.2, -0.15) is 5.10 Å². The lowest BCUT2D eigenvalue weighted by atomic mass is 10.0. The van der Waals surface area contributed by atoms with Crippen molar-refractivity contribution in [2.45, 2.75) is 19.5 Å². The van der Waals surface area contributed by atoms with E-state index in [1.54, 1.807) is 11.0 Å². The lowest BCUT2D eigenvalue weighted by Crippen LogP contribution is -2.34. The first-order chi connectivity index (χ1) is 13.0.